The summed E-state index contributed by atoms with van der Waals surface area (Å²) in [6.45, 7) is 0.366. The van der Waals surface area contributed by atoms with Crippen LogP contribution in [0.5, 0.6) is 0 Å². The summed E-state index contributed by atoms with van der Waals surface area (Å²) in [5, 5.41) is 0. The summed E-state index contributed by atoms with van der Waals surface area (Å²) in [4.78, 5) is 0.737. The number of hydrogen-bond acceptors (Lipinski definition) is 2. The highest BCUT2D eigenvalue weighted by atomic mass is 79.9. The molecule has 1 nitrogen and oxygen atoms in total. The minimum atomic E-state index is -0.157. The Kier molecular flexibility index (Phi) is 4.88. The number of hydrogen-bond donors (Lipinski definition) is 1. The molecule has 0 unspecified atom stereocenters. The SMILES string of the molecule is NCc1ccc(SCC2CCCC2)c(F)c1Br. The lowest BCUT2D eigenvalue weighted by Gasteiger charge is -2.11. The number of benzene rings is 1. The molecule has 1 saturated carbocycles. The molecular formula is C13H17BrFNS. The van der Waals surface area contributed by atoms with E-state index in [0.29, 0.717) is 11.0 Å². The molecular weight excluding hydrogens is 301 g/mol. The van der Waals surface area contributed by atoms with E-state index in [-0.39, 0.29) is 5.82 Å². The van der Waals surface area contributed by atoms with Gasteiger partial charge in [-0.1, -0.05) is 18.9 Å². The molecule has 2 N–H and O–H groups in total. The van der Waals surface area contributed by atoms with Gasteiger partial charge in [-0.2, -0.15) is 0 Å². The normalized spacial score (nSPS) is 16.6. The zero-order valence-electron chi connectivity index (χ0n) is 9.72. The third-order valence-corrected chi connectivity index (χ3v) is 5.42. The highest BCUT2D eigenvalue weighted by Crippen LogP contribution is 2.34. The van der Waals surface area contributed by atoms with Gasteiger partial charge in [0, 0.05) is 17.2 Å². The molecule has 1 aromatic rings. The van der Waals surface area contributed by atoms with Gasteiger partial charge in [0.1, 0.15) is 0 Å². The van der Waals surface area contributed by atoms with Crippen molar-refractivity contribution >= 4 is 27.7 Å². The molecule has 0 aromatic heterocycles. The van der Waals surface area contributed by atoms with Crippen molar-refractivity contribution in [3.8, 4) is 0 Å². The fourth-order valence-corrected chi connectivity index (χ4v) is 4.01. The smallest absolute Gasteiger partial charge is 0.151 e. The standard InChI is InChI=1S/C13H17BrFNS/c14-12-10(7-16)5-6-11(13(12)15)17-8-9-3-1-2-4-9/h5-6,9H,1-4,7-8,16H2. The molecule has 0 atom stereocenters. The molecule has 1 aromatic carbocycles. The molecule has 2 rings (SSSR count). The predicted octanol–water partition coefficient (Wildman–Crippen LogP) is 4.33. The first-order valence-electron chi connectivity index (χ1n) is 6.02. The van der Waals surface area contributed by atoms with Gasteiger partial charge in [0.15, 0.2) is 5.82 Å². The molecule has 0 heterocycles. The lowest BCUT2D eigenvalue weighted by Crippen LogP contribution is -2.01. The number of rotatable bonds is 4. The van der Waals surface area contributed by atoms with Crippen LogP contribution >= 0.6 is 27.7 Å². The Labute approximate surface area is 114 Å². The van der Waals surface area contributed by atoms with E-state index in [9.17, 15) is 4.39 Å². The van der Waals surface area contributed by atoms with E-state index in [1.807, 2.05) is 12.1 Å². The maximum Gasteiger partial charge on any atom is 0.151 e. The molecule has 0 spiro atoms. The van der Waals surface area contributed by atoms with E-state index in [4.69, 9.17) is 5.73 Å². The van der Waals surface area contributed by atoms with Crippen molar-refractivity contribution in [2.45, 2.75) is 37.1 Å². The summed E-state index contributed by atoms with van der Waals surface area (Å²) in [5.41, 5.74) is 6.37. The Bertz CT molecular complexity index is 391. The molecule has 1 aliphatic rings. The molecule has 0 aliphatic heterocycles. The lowest BCUT2D eigenvalue weighted by atomic mass is 10.1. The molecule has 0 saturated heterocycles. The summed E-state index contributed by atoms with van der Waals surface area (Å²) in [6, 6.07) is 3.76. The van der Waals surface area contributed by atoms with E-state index < -0.39 is 0 Å². The number of nitrogens with two attached hydrogens (primary N) is 1. The molecule has 4 heteroatoms. The van der Waals surface area contributed by atoms with Crippen LogP contribution in [-0.2, 0) is 6.54 Å². The van der Waals surface area contributed by atoms with Gasteiger partial charge in [-0.15, -0.1) is 11.8 Å². The minimum Gasteiger partial charge on any atom is -0.326 e. The van der Waals surface area contributed by atoms with Crippen LogP contribution in [0.2, 0.25) is 0 Å². The zero-order chi connectivity index (χ0) is 12.3. The third-order valence-electron chi connectivity index (χ3n) is 3.30. The van der Waals surface area contributed by atoms with Crippen LogP contribution < -0.4 is 5.73 Å². The Hall–Kier alpha value is -0.0600. The Balaban J connectivity index is 2.03. The summed E-state index contributed by atoms with van der Waals surface area (Å²) in [6.07, 6.45) is 5.28. The molecule has 17 heavy (non-hydrogen) atoms. The highest BCUT2D eigenvalue weighted by molar-refractivity contribution is 9.10. The molecule has 0 amide bonds. The van der Waals surface area contributed by atoms with Crippen LogP contribution in [0.1, 0.15) is 31.2 Å². The van der Waals surface area contributed by atoms with E-state index in [1.165, 1.54) is 25.7 Å². The maximum atomic E-state index is 14.0. The Morgan fingerprint density at radius 2 is 2.06 bits per heavy atom. The van der Waals surface area contributed by atoms with Gasteiger partial charge in [-0.25, -0.2) is 4.39 Å². The second-order valence-electron chi connectivity index (χ2n) is 4.52. The fourth-order valence-electron chi connectivity index (χ4n) is 2.23. The van der Waals surface area contributed by atoms with Crippen LogP contribution in [-0.4, -0.2) is 5.75 Å². The van der Waals surface area contributed by atoms with Crippen LogP contribution in [0.3, 0.4) is 0 Å². The third kappa shape index (κ3) is 3.24. The van der Waals surface area contributed by atoms with Gasteiger partial charge in [0.25, 0.3) is 0 Å². The van der Waals surface area contributed by atoms with Crippen molar-refractivity contribution < 1.29 is 4.39 Å². The molecule has 0 bridgehead atoms. The second-order valence-corrected chi connectivity index (χ2v) is 6.37. The van der Waals surface area contributed by atoms with Crippen LogP contribution in [0.4, 0.5) is 4.39 Å². The number of thioether (sulfide) groups is 1. The Morgan fingerprint density at radius 3 is 2.71 bits per heavy atom. The monoisotopic (exact) mass is 317 g/mol. The first-order chi connectivity index (χ1) is 8.22. The van der Waals surface area contributed by atoms with E-state index in [0.717, 1.165) is 22.1 Å². The van der Waals surface area contributed by atoms with Gasteiger partial charge in [0.05, 0.1) is 4.47 Å². The highest BCUT2D eigenvalue weighted by Gasteiger charge is 2.17. The topological polar surface area (TPSA) is 26.0 Å². The van der Waals surface area contributed by atoms with E-state index >= 15 is 0 Å². The van der Waals surface area contributed by atoms with Crippen molar-refractivity contribution in [3.05, 3.63) is 28.0 Å². The first kappa shape index (κ1) is 13.4. The fraction of sp³-hybridized carbons (Fsp3) is 0.538. The molecule has 1 fully saturated rings. The molecule has 94 valence electrons. The molecule has 1 aliphatic carbocycles. The number of halogens is 2. The summed E-state index contributed by atoms with van der Waals surface area (Å²) >= 11 is 4.91. The van der Waals surface area contributed by atoms with Gasteiger partial charge >= 0.3 is 0 Å². The first-order valence-corrected chi connectivity index (χ1v) is 7.80. The van der Waals surface area contributed by atoms with Gasteiger partial charge in [0.2, 0.25) is 0 Å². The largest absolute Gasteiger partial charge is 0.326 e. The van der Waals surface area contributed by atoms with Crippen molar-refractivity contribution in [2.75, 3.05) is 5.75 Å². The average Bonchev–Trinajstić information content (AvgIpc) is 2.84. The minimum absolute atomic E-state index is 0.157. The maximum absolute atomic E-state index is 14.0. The van der Waals surface area contributed by atoms with Crippen LogP contribution in [0.25, 0.3) is 0 Å². The summed E-state index contributed by atoms with van der Waals surface area (Å²) in [7, 11) is 0. The summed E-state index contributed by atoms with van der Waals surface area (Å²) in [5.74, 6) is 1.65. The average molecular weight is 318 g/mol. The Morgan fingerprint density at radius 1 is 1.35 bits per heavy atom. The second kappa shape index (κ2) is 6.21. The van der Waals surface area contributed by atoms with Crippen LogP contribution in [0, 0.1) is 11.7 Å². The van der Waals surface area contributed by atoms with Crippen molar-refractivity contribution in [3.63, 3.8) is 0 Å². The van der Waals surface area contributed by atoms with Crippen LogP contribution in [0.15, 0.2) is 21.5 Å². The van der Waals surface area contributed by atoms with E-state index in [2.05, 4.69) is 15.9 Å². The summed E-state index contributed by atoms with van der Waals surface area (Å²) < 4.78 is 14.5. The lowest BCUT2D eigenvalue weighted by molar-refractivity contribution is 0.589. The predicted molar refractivity (Wildman–Crippen MR) is 74.7 cm³/mol. The molecule has 0 radical (unpaired) electrons. The van der Waals surface area contributed by atoms with E-state index in [1.54, 1.807) is 11.8 Å². The van der Waals surface area contributed by atoms with Gasteiger partial charge < -0.3 is 5.73 Å². The van der Waals surface area contributed by atoms with Gasteiger partial charge in [-0.05, 0) is 46.3 Å². The van der Waals surface area contributed by atoms with Gasteiger partial charge in [-0.3, -0.25) is 0 Å². The van der Waals surface area contributed by atoms with Crippen molar-refractivity contribution in [1.82, 2.24) is 0 Å². The van der Waals surface area contributed by atoms with Crippen molar-refractivity contribution in [2.24, 2.45) is 11.7 Å². The van der Waals surface area contributed by atoms with Crippen molar-refractivity contribution in [1.29, 1.82) is 0 Å². The quantitative estimate of drug-likeness (QED) is 0.836. The zero-order valence-corrected chi connectivity index (χ0v) is 12.1.